The van der Waals surface area contributed by atoms with Crippen LogP contribution in [0.2, 0.25) is 0 Å². The van der Waals surface area contributed by atoms with Crippen molar-refractivity contribution in [3.8, 4) is 0 Å². The van der Waals surface area contributed by atoms with Crippen LogP contribution >= 0.6 is 23.1 Å². The predicted molar refractivity (Wildman–Crippen MR) is 107 cm³/mol. The molecule has 0 radical (unpaired) electrons. The highest BCUT2D eigenvalue weighted by molar-refractivity contribution is 7.99. The summed E-state index contributed by atoms with van der Waals surface area (Å²) in [6.07, 6.45) is -3.71. The van der Waals surface area contributed by atoms with Crippen LogP contribution < -0.4 is 10.6 Å². The largest absolute Gasteiger partial charge is 0.417 e. The Hall–Kier alpha value is -2.85. The summed E-state index contributed by atoms with van der Waals surface area (Å²) in [4.78, 5) is 28.5. The Morgan fingerprint density at radius 2 is 1.79 bits per heavy atom. The van der Waals surface area contributed by atoms with E-state index in [1.165, 1.54) is 17.4 Å². The molecule has 2 aromatic heterocycles. The lowest BCUT2D eigenvalue weighted by Gasteiger charge is -2.09. The summed E-state index contributed by atoms with van der Waals surface area (Å²) in [5, 5.41) is 7.54. The van der Waals surface area contributed by atoms with E-state index in [9.17, 15) is 22.8 Å². The van der Waals surface area contributed by atoms with E-state index in [0.29, 0.717) is 21.3 Å². The second-order valence-electron chi connectivity index (χ2n) is 5.73. The predicted octanol–water partition coefficient (Wildman–Crippen LogP) is 5.15. The van der Waals surface area contributed by atoms with E-state index in [4.69, 9.17) is 0 Å². The highest BCUT2D eigenvalue weighted by atomic mass is 32.2. The van der Waals surface area contributed by atoms with Crippen molar-refractivity contribution in [3.63, 3.8) is 0 Å². The summed E-state index contributed by atoms with van der Waals surface area (Å²) in [5.41, 5.74) is 0.172. The van der Waals surface area contributed by atoms with Crippen LogP contribution in [-0.4, -0.2) is 22.6 Å². The van der Waals surface area contributed by atoms with Crippen molar-refractivity contribution >= 4 is 46.3 Å². The minimum absolute atomic E-state index is 0.0237. The summed E-state index contributed by atoms with van der Waals surface area (Å²) < 4.78 is 37.6. The zero-order valence-corrected chi connectivity index (χ0v) is 16.3. The van der Waals surface area contributed by atoms with Gasteiger partial charge in [0.05, 0.1) is 21.2 Å². The van der Waals surface area contributed by atoms with Gasteiger partial charge >= 0.3 is 6.18 Å². The number of anilines is 2. The van der Waals surface area contributed by atoms with Gasteiger partial charge < -0.3 is 10.6 Å². The molecule has 0 saturated carbocycles. The molecule has 3 rings (SSSR count). The van der Waals surface area contributed by atoms with Crippen molar-refractivity contribution in [2.24, 2.45) is 0 Å². The van der Waals surface area contributed by atoms with E-state index in [0.717, 1.165) is 24.0 Å². The van der Waals surface area contributed by atoms with Crippen LogP contribution in [0, 0.1) is 0 Å². The molecule has 5 nitrogen and oxygen atoms in total. The Kier molecular flexibility index (Phi) is 6.55. The Morgan fingerprint density at radius 1 is 1.03 bits per heavy atom. The molecule has 2 N–H and O–H groups in total. The molecule has 0 spiro atoms. The molecular weight excluding hydrogens is 423 g/mol. The molecule has 0 fully saturated rings. The van der Waals surface area contributed by atoms with Crippen LogP contribution in [0.25, 0.3) is 0 Å². The normalized spacial score (nSPS) is 11.1. The first-order valence-electron chi connectivity index (χ1n) is 8.22. The van der Waals surface area contributed by atoms with Gasteiger partial charge in [0.15, 0.2) is 0 Å². The summed E-state index contributed by atoms with van der Waals surface area (Å²) in [6, 6.07) is 12.3. The average molecular weight is 437 g/mol. The van der Waals surface area contributed by atoms with E-state index in [-0.39, 0.29) is 17.6 Å². The van der Waals surface area contributed by atoms with Crippen molar-refractivity contribution < 1.29 is 22.8 Å². The van der Waals surface area contributed by atoms with Crippen LogP contribution in [0.3, 0.4) is 0 Å². The minimum Gasteiger partial charge on any atom is -0.325 e. The number of thioether (sulfide) groups is 1. The fraction of sp³-hybridized carbons (Fsp3) is 0.105. The van der Waals surface area contributed by atoms with Crippen LogP contribution in [0.4, 0.5) is 24.5 Å². The van der Waals surface area contributed by atoms with Gasteiger partial charge in [-0.25, -0.2) is 4.98 Å². The minimum atomic E-state index is -4.45. The van der Waals surface area contributed by atoms with E-state index in [1.54, 1.807) is 41.8 Å². The number of hydrogen-bond donors (Lipinski definition) is 2. The first-order valence-corrected chi connectivity index (χ1v) is 10.1. The van der Waals surface area contributed by atoms with Gasteiger partial charge in [0.2, 0.25) is 5.91 Å². The van der Waals surface area contributed by atoms with Crippen LogP contribution in [0.15, 0.2) is 65.1 Å². The Balaban J connectivity index is 1.53. The van der Waals surface area contributed by atoms with Crippen LogP contribution in [0.1, 0.15) is 15.2 Å². The van der Waals surface area contributed by atoms with E-state index >= 15 is 0 Å². The third kappa shape index (κ3) is 6.06. The molecule has 0 aliphatic carbocycles. The topological polar surface area (TPSA) is 71.1 Å². The maximum absolute atomic E-state index is 12.5. The first-order chi connectivity index (χ1) is 13.8. The molecule has 29 heavy (non-hydrogen) atoms. The fourth-order valence-electron chi connectivity index (χ4n) is 2.25. The molecule has 150 valence electrons. The molecule has 0 saturated heterocycles. The van der Waals surface area contributed by atoms with Gasteiger partial charge in [-0.1, -0.05) is 23.9 Å². The number of amides is 2. The van der Waals surface area contributed by atoms with Crippen LogP contribution in [0.5, 0.6) is 0 Å². The SMILES string of the molecule is O=C(CSc1ccc(C(F)(F)F)cn1)Nc1cccc(NC(=O)c2cccs2)c1. The lowest BCUT2D eigenvalue weighted by molar-refractivity contribution is -0.137. The quantitative estimate of drug-likeness (QED) is 0.524. The highest BCUT2D eigenvalue weighted by Gasteiger charge is 2.30. The number of benzene rings is 1. The summed E-state index contributed by atoms with van der Waals surface area (Å²) in [5.74, 6) is -0.615. The number of halogens is 3. The summed E-state index contributed by atoms with van der Waals surface area (Å²) >= 11 is 2.34. The fourth-order valence-corrected chi connectivity index (χ4v) is 3.51. The molecule has 10 heteroatoms. The average Bonchev–Trinajstić information content (AvgIpc) is 3.21. The van der Waals surface area contributed by atoms with Gasteiger partial charge in [0, 0.05) is 17.6 Å². The number of aromatic nitrogens is 1. The van der Waals surface area contributed by atoms with Crippen molar-refractivity contribution in [3.05, 3.63) is 70.5 Å². The zero-order chi connectivity index (χ0) is 20.9. The molecule has 1 aromatic carbocycles. The van der Waals surface area contributed by atoms with Gasteiger partial charge in [0.1, 0.15) is 0 Å². The lowest BCUT2D eigenvalue weighted by atomic mass is 10.2. The van der Waals surface area contributed by atoms with Gasteiger partial charge in [-0.05, 0) is 41.8 Å². The number of thiophene rings is 1. The number of rotatable bonds is 6. The number of nitrogens with zero attached hydrogens (tertiary/aromatic N) is 1. The van der Waals surface area contributed by atoms with Crippen molar-refractivity contribution in [1.82, 2.24) is 4.98 Å². The molecule has 0 atom stereocenters. The number of hydrogen-bond acceptors (Lipinski definition) is 5. The highest BCUT2D eigenvalue weighted by Crippen LogP contribution is 2.29. The number of alkyl halides is 3. The van der Waals surface area contributed by atoms with Crippen molar-refractivity contribution in [2.45, 2.75) is 11.2 Å². The zero-order valence-electron chi connectivity index (χ0n) is 14.7. The third-order valence-corrected chi connectivity index (χ3v) is 5.38. The van der Waals surface area contributed by atoms with Gasteiger partial charge in [-0.15, -0.1) is 11.3 Å². The Morgan fingerprint density at radius 3 is 2.41 bits per heavy atom. The molecule has 3 aromatic rings. The van der Waals surface area contributed by atoms with Gasteiger partial charge in [0.25, 0.3) is 5.91 Å². The van der Waals surface area contributed by atoms with Crippen molar-refractivity contribution in [2.75, 3.05) is 16.4 Å². The molecule has 2 heterocycles. The molecule has 0 unspecified atom stereocenters. The number of carbonyl (C=O) groups excluding carboxylic acids is 2. The number of nitrogens with one attached hydrogen (secondary N) is 2. The summed E-state index contributed by atoms with van der Waals surface area (Å²) in [6.45, 7) is 0. The maximum atomic E-state index is 12.5. The molecular formula is C19H14F3N3O2S2. The van der Waals surface area contributed by atoms with E-state index < -0.39 is 11.7 Å². The number of carbonyl (C=O) groups is 2. The Labute approximate surface area is 172 Å². The second kappa shape index (κ2) is 9.10. The van der Waals surface area contributed by atoms with Gasteiger partial charge in [-0.2, -0.15) is 13.2 Å². The van der Waals surface area contributed by atoms with E-state index in [1.807, 2.05) is 0 Å². The standard InChI is InChI=1S/C19H14F3N3O2S2/c20-19(21,22)12-6-7-17(23-10-12)29-11-16(26)24-13-3-1-4-14(9-13)25-18(27)15-5-2-8-28-15/h1-10H,11H2,(H,24,26)(H,25,27). The molecule has 0 bridgehead atoms. The van der Waals surface area contributed by atoms with Crippen molar-refractivity contribution in [1.29, 1.82) is 0 Å². The van der Waals surface area contributed by atoms with Gasteiger partial charge in [-0.3, -0.25) is 9.59 Å². The smallest absolute Gasteiger partial charge is 0.325 e. The number of pyridine rings is 1. The van der Waals surface area contributed by atoms with Crippen LogP contribution in [-0.2, 0) is 11.0 Å². The Bertz CT molecular complexity index is 991. The summed E-state index contributed by atoms with van der Waals surface area (Å²) in [7, 11) is 0. The lowest BCUT2D eigenvalue weighted by Crippen LogP contribution is -2.15. The van der Waals surface area contributed by atoms with E-state index in [2.05, 4.69) is 15.6 Å². The maximum Gasteiger partial charge on any atom is 0.417 e. The first kappa shape index (κ1) is 20.9. The second-order valence-corrected chi connectivity index (χ2v) is 7.68. The third-order valence-electron chi connectivity index (χ3n) is 3.56. The molecule has 2 amide bonds. The monoisotopic (exact) mass is 437 g/mol. The molecule has 0 aliphatic heterocycles. The molecule has 0 aliphatic rings.